The molecule has 4 bridgehead atoms. The number of hydrogen-bond donors (Lipinski definition) is 0. The standard InChI is InChI=1S/C25H27N3O3/c29-22-18-9-10-25(16-12-15(13-27(22)25)19-8-4-5-11-26(19)14-16)21-20(18)23(30)28(24(21)31)17-6-2-1-3-7-17/h1-3,6-7,9-10,15-16,18-21H,4-5,8,11-14H2/t15-,16-,18+,19-,20-,21+,25+/m1/s1. The maximum atomic E-state index is 13.9. The van der Waals surface area contributed by atoms with Crippen LogP contribution in [0, 0.1) is 29.6 Å². The van der Waals surface area contributed by atoms with Gasteiger partial charge in [-0.25, -0.2) is 4.90 Å². The molecule has 5 fully saturated rings. The molecule has 1 spiro atoms. The van der Waals surface area contributed by atoms with Gasteiger partial charge < -0.3 is 4.90 Å². The maximum Gasteiger partial charge on any atom is 0.240 e. The Morgan fingerprint density at radius 3 is 2.61 bits per heavy atom. The summed E-state index contributed by atoms with van der Waals surface area (Å²) in [6.07, 6.45) is 8.89. The third-order valence-electron chi connectivity index (χ3n) is 9.16. The number of anilines is 1. The lowest BCUT2D eigenvalue weighted by Gasteiger charge is -2.66. The molecule has 6 heteroatoms. The zero-order valence-corrected chi connectivity index (χ0v) is 17.5. The number of piperidine rings is 4. The zero-order chi connectivity index (χ0) is 20.9. The van der Waals surface area contributed by atoms with Crippen LogP contribution in [0.1, 0.15) is 25.7 Å². The van der Waals surface area contributed by atoms with Crippen LogP contribution in [-0.4, -0.2) is 58.7 Å². The highest BCUT2D eigenvalue weighted by Crippen LogP contribution is 2.59. The number of para-hydroxylation sites is 1. The summed E-state index contributed by atoms with van der Waals surface area (Å²) >= 11 is 0. The normalized spacial score (nSPS) is 43.2. The van der Waals surface area contributed by atoms with E-state index >= 15 is 0 Å². The van der Waals surface area contributed by atoms with E-state index in [0.29, 0.717) is 17.6 Å². The fourth-order valence-corrected chi connectivity index (χ4v) is 8.00. The molecule has 0 N–H and O–H groups in total. The molecular weight excluding hydrogens is 390 g/mol. The van der Waals surface area contributed by atoms with Crippen LogP contribution in [0.2, 0.25) is 0 Å². The molecule has 160 valence electrons. The second kappa shape index (κ2) is 6.06. The van der Waals surface area contributed by atoms with Crippen molar-refractivity contribution in [2.45, 2.75) is 37.3 Å². The van der Waals surface area contributed by atoms with Crippen LogP contribution >= 0.6 is 0 Å². The van der Waals surface area contributed by atoms with Gasteiger partial charge in [0.25, 0.3) is 0 Å². The fourth-order valence-electron chi connectivity index (χ4n) is 8.00. The Morgan fingerprint density at radius 1 is 0.935 bits per heavy atom. The molecular formula is C25H27N3O3. The molecule has 0 radical (unpaired) electrons. The number of nitrogens with zero attached hydrogens (tertiary/aromatic N) is 3. The van der Waals surface area contributed by atoms with Crippen molar-refractivity contribution in [3.63, 3.8) is 0 Å². The molecule has 31 heavy (non-hydrogen) atoms. The number of imide groups is 1. The molecule has 8 rings (SSSR count). The molecule has 0 unspecified atom stereocenters. The average Bonchev–Trinajstić information content (AvgIpc) is 3.08. The Morgan fingerprint density at radius 2 is 1.77 bits per heavy atom. The molecule has 1 aromatic rings. The first-order valence-corrected chi connectivity index (χ1v) is 11.8. The topological polar surface area (TPSA) is 60.9 Å². The summed E-state index contributed by atoms with van der Waals surface area (Å²) in [6.45, 7) is 2.77. The van der Waals surface area contributed by atoms with Gasteiger partial charge in [-0.05, 0) is 49.8 Å². The summed E-state index contributed by atoms with van der Waals surface area (Å²) in [5.74, 6) is -1.07. The van der Waals surface area contributed by atoms with E-state index in [-0.39, 0.29) is 23.6 Å². The van der Waals surface area contributed by atoms with Crippen molar-refractivity contribution in [2.75, 3.05) is 24.5 Å². The van der Waals surface area contributed by atoms with Crippen LogP contribution in [0.25, 0.3) is 0 Å². The molecule has 0 saturated carbocycles. The summed E-state index contributed by atoms with van der Waals surface area (Å²) in [4.78, 5) is 47.1. The molecule has 0 aromatic heterocycles. The molecule has 6 nitrogen and oxygen atoms in total. The molecule has 3 amide bonds. The Hall–Kier alpha value is -2.47. The van der Waals surface area contributed by atoms with Crippen molar-refractivity contribution >= 4 is 23.4 Å². The summed E-state index contributed by atoms with van der Waals surface area (Å²) in [5, 5.41) is 0. The number of rotatable bonds is 1. The third-order valence-corrected chi connectivity index (χ3v) is 9.16. The van der Waals surface area contributed by atoms with Crippen LogP contribution in [0.3, 0.4) is 0 Å². The SMILES string of the molecule is O=C1[C@@H]2[C@@H]3C=C[C@]4([C@@H]5C[C@H](CN4C3=O)[C@H]3CCCCN3C5)[C@@H]2C(=O)N1c1ccccc1. The van der Waals surface area contributed by atoms with E-state index in [9.17, 15) is 14.4 Å². The van der Waals surface area contributed by atoms with E-state index in [1.165, 1.54) is 24.2 Å². The lowest BCUT2D eigenvalue weighted by atomic mass is 9.53. The Labute approximate surface area is 181 Å². The molecule has 6 heterocycles. The fraction of sp³-hybridized carbons (Fsp3) is 0.560. The summed E-state index contributed by atoms with van der Waals surface area (Å²) in [7, 11) is 0. The molecule has 7 aliphatic rings. The molecule has 5 saturated heterocycles. The largest absolute Gasteiger partial charge is 0.332 e. The Kier molecular flexibility index (Phi) is 3.55. The van der Waals surface area contributed by atoms with Crippen LogP contribution in [0.4, 0.5) is 5.69 Å². The number of amides is 3. The van der Waals surface area contributed by atoms with Crippen molar-refractivity contribution in [1.82, 2.24) is 9.80 Å². The predicted molar refractivity (Wildman–Crippen MR) is 114 cm³/mol. The van der Waals surface area contributed by atoms with Gasteiger partial charge in [0, 0.05) is 19.1 Å². The molecule has 7 atom stereocenters. The second-order valence-electron chi connectivity index (χ2n) is 10.3. The third kappa shape index (κ3) is 2.10. The zero-order valence-electron chi connectivity index (χ0n) is 17.5. The van der Waals surface area contributed by atoms with E-state index in [1.54, 1.807) is 0 Å². The summed E-state index contributed by atoms with van der Waals surface area (Å²) < 4.78 is 0. The van der Waals surface area contributed by atoms with E-state index < -0.39 is 23.3 Å². The van der Waals surface area contributed by atoms with E-state index in [1.807, 2.05) is 41.3 Å². The van der Waals surface area contributed by atoms with E-state index in [0.717, 1.165) is 26.1 Å². The smallest absolute Gasteiger partial charge is 0.240 e. The maximum absolute atomic E-state index is 13.9. The summed E-state index contributed by atoms with van der Waals surface area (Å²) in [6, 6.07) is 9.78. The minimum absolute atomic E-state index is 0.0683. The number of hydrogen-bond acceptors (Lipinski definition) is 4. The molecule has 6 aliphatic heterocycles. The molecule has 1 aromatic carbocycles. The van der Waals surface area contributed by atoms with E-state index in [4.69, 9.17) is 0 Å². The first kappa shape index (κ1) is 18.1. The van der Waals surface area contributed by atoms with Gasteiger partial charge in [-0.2, -0.15) is 0 Å². The summed E-state index contributed by atoms with van der Waals surface area (Å²) in [5.41, 5.74) is -0.0266. The predicted octanol–water partition coefficient (Wildman–Crippen LogP) is 2.06. The van der Waals surface area contributed by atoms with Crippen molar-refractivity contribution in [1.29, 1.82) is 0 Å². The minimum atomic E-state index is -0.647. The number of carbonyl (C=O) groups is 3. The molecule has 1 aliphatic carbocycles. The van der Waals surface area contributed by atoms with Gasteiger partial charge in [-0.1, -0.05) is 36.8 Å². The van der Waals surface area contributed by atoms with Crippen LogP contribution < -0.4 is 4.90 Å². The van der Waals surface area contributed by atoms with Crippen LogP contribution in [-0.2, 0) is 14.4 Å². The quantitative estimate of drug-likeness (QED) is 0.519. The highest BCUT2D eigenvalue weighted by Gasteiger charge is 2.72. The number of carbonyl (C=O) groups excluding carboxylic acids is 3. The van der Waals surface area contributed by atoms with Gasteiger partial charge in [0.2, 0.25) is 17.7 Å². The van der Waals surface area contributed by atoms with Gasteiger partial charge in [-0.3, -0.25) is 19.3 Å². The number of fused-ring (bicyclic) bond motifs is 4. The lowest BCUT2D eigenvalue weighted by molar-refractivity contribution is -0.182. The van der Waals surface area contributed by atoms with Crippen molar-refractivity contribution in [2.24, 2.45) is 29.6 Å². The highest BCUT2D eigenvalue weighted by atomic mass is 16.2. The number of benzene rings is 1. The highest BCUT2D eigenvalue weighted by molar-refractivity contribution is 6.24. The van der Waals surface area contributed by atoms with Gasteiger partial charge in [0.05, 0.1) is 29.0 Å². The van der Waals surface area contributed by atoms with Crippen LogP contribution in [0.5, 0.6) is 0 Å². The Bertz CT molecular complexity index is 1020. The van der Waals surface area contributed by atoms with Crippen molar-refractivity contribution in [3.8, 4) is 0 Å². The van der Waals surface area contributed by atoms with Gasteiger partial charge in [0.1, 0.15) is 0 Å². The minimum Gasteiger partial charge on any atom is -0.332 e. The van der Waals surface area contributed by atoms with Crippen LogP contribution in [0.15, 0.2) is 42.5 Å². The van der Waals surface area contributed by atoms with Gasteiger partial charge in [0.15, 0.2) is 0 Å². The van der Waals surface area contributed by atoms with Crippen molar-refractivity contribution < 1.29 is 14.4 Å². The second-order valence-corrected chi connectivity index (χ2v) is 10.3. The first-order valence-electron chi connectivity index (χ1n) is 11.8. The van der Waals surface area contributed by atoms with Crippen molar-refractivity contribution in [3.05, 3.63) is 42.5 Å². The first-order chi connectivity index (χ1) is 15.1. The Balaban J connectivity index is 1.35. The van der Waals surface area contributed by atoms with E-state index in [2.05, 4.69) is 11.0 Å². The lowest BCUT2D eigenvalue weighted by Crippen LogP contribution is -2.77. The monoisotopic (exact) mass is 417 g/mol. The average molecular weight is 418 g/mol. The van der Waals surface area contributed by atoms with Gasteiger partial charge in [-0.15, -0.1) is 0 Å². The van der Waals surface area contributed by atoms with Gasteiger partial charge >= 0.3 is 0 Å².